The van der Waals surface area contributed by atoms with Crippen LogP contribution in [0.5, 0.6) is 5.88 Å². The maximum atomic E-state index is 11.8. The Hall–Kier alpha value is -0.770. The first-order valence-electron chi connectivity index (χ1n) is 3.59. The van der Waals surface area contributed by atoms with Gasteiger partial charge in [-0.15, -0.1) is 13.2 Å². The number of rotatable bonds is 2. The van der Waals surface area contributed by atoms with Gasteiger partial charge in [-0.3, -0.25) is 9.59 Å². The molecule has 0 radical (unpaired) electrons. The van der Waals surface area contributed by atoms with Crippen molar-refractivity contribution in [1.29, 1.82) is 0 Å². The van der Waals surface area contributed by atoms with Gasteiger partial charge in [0.25, 0.3) is 5.24 Å². The Balaban J connectivity index is 3.25. The van der Waals surface area contributed by atoms with Crippen molar-refractivity contribution in [2.45, 2.75) is 6.36 Å². The molecule has 88 valence electrons. The zero-order valence-electron chi connectivity index (χ0n) is 7.19. The summed E-state index contributed by atoms with van der Waals surface area (Å²) in [6, 6.07) is 0.582. The molecular formula is C7H2ClF3INO3. The van der Waals surface area contributed by atoms with E-state index in [1.807, 2.05) is 4.98 Å². The molecule has 0 aliphatic heterocycles. The smallest absolute Gasteiger partial charge is 0.390 e. The third-order valence-corrected chi connectivity index (χ3v) is 2.63. The standard InChI is InChI=1S/C7H2ClF3INO3/c8-6(15)5-4(12)2(14)1-3(13-5)16-7(9,10)11/h1H,(H,13,14). The van der Waals surface area contributed by atoms with Crippen LogP contribution in [0.2, 0.25) is 0 Å². The van der Waals surface area contributed by atoms with E-state index < -0.39 is 28.6 Å². The summed E-state index contributed by atoms with van der Waals surface area (Å²) in [6.45, 7) is 0. The molecule has 1 N–H and O–H groups in total. The average Bonchev–Trinajstić information content (AvgIpc) is 2.07. The third-order valence-electron chi connectivity index (χ3n) is 1.37. The Morgan fingerprint density at radius 1 is 1.50 bits per heavy atom. The average molecular weight is 367 g/mol. The molecule has 1 aromatic heterocycles. The van der Waals surface area contributed by atoms with E-state index >= 15 is 0 Å². The van der Waals surface area contributed by atoms with E-state index in [1.54, 1.807) is 0 Å². The van der Waals surface area contributed by atoms with Gasteiger partial charge in [-0.2, -0.15) is 0 Å². The third kappa shape index (κ3) is 3.37. The largest absolute Gasteiger partial charge is 0.574 e. The number of H-pyrrole nitrogens is 1. The number of pyridine rings is 1. The van der Waals surface area contributed by atoms with Gasteiger partial charge in [-0.25, -0.2) is 0 Å². The van der Waals surface area contributed by atoms with Gasteiger partial charge >= 0.3 is 6.36 Å². The second-order valence-electron chi connectivity index (χ2n) is 2.51. The molecule has 0 spiro atoms. The zero-order chi connectivity index (χ0) is 12.5. The first kappa shape index (κ1) is 13.3. The lowest BCUT2D eigenvalue weighted by Crippen LogP contribution is -2.21. The summed E-state index contributed by atoms with van der Waals surface area (Å²) in [5, 5.41) is -1.07. The van der Waals surface area contributed by atoms with Crippen molar-refractivity contribution in [1.82, 2.24) is 4.98 Å². The molecule has 1 rings (SSSR count). The van der Waals surface area contributed by atoms with Gasteiger partial charge in [-0.1, -0.05) is 0 Å². The second-order valence-corrected chi connectivity index (χ2v) is 3.93. The summed E-state index contributed by atoms with van der Waals surface area (Å²) >= 11 is 6.56. The number of ether oxygens (including phenoxy) is 1. The number of hydrogen-bond donors (Lipinski definition) is 1. The maximum absolute atomic E-state index is 11.8. The second kappa shape index (κ2) is 4.62. The number of halogens is 5. The fraction of sp³-hybridized carbons (Fsp3) is 0.143. The lowest BCUT2D eigenvalue weighted by molar-refractivity contribution is -0.276. The van der Waals surface area contributed by atoms with Crippen molar-refractivity contribution in [2.24, 2.45) is 0 Å². The van der Waals surface area contributed by atoms with Crippen LogP contribution >= 0.6 is 34.2 Å². The van der Waals surface area contributed by atoms with Crippen molar-refractivity contribution in [3.63, 3.8) is 0 Å². The summed E-state index contributed by atoms with van der Waals surface area (Å²) in [4.78, 5) is 23.9. The molecule has 9 heteroatoms. The van der Waals surface area contributed by atoms with Crippen LogP contribution < -0.4 is 10.2 Å². The molecule has 4 nitrogen and oxygen atoms in total. The summed E-state index contributed by atoms with van der Waals surface area (Å²) in [5.41, 5.74) is -1.23. The van der Waals surface area contributed by atoms with Gasteiger partial charge in [0.05, 0.1) is 3.57 Å². The number of alkyl halides is 3. The number of carbonyl (C=O) groups excluding carboxylic acids is 1. The molecule has 1 aromatic rings. The van der Waals surface area contributed by atoms with Gasteiger partial charge < -0.3 is 9.72 Å². The minimum atomic E-state index is -4.96. The molecule has 0 aliphatic rings. The van der Waals surface area contributed by atoms with E-state index in [-0.39, 0.29) is 3.57 Å². The highest BCUT2D eigenvalue weighted by Crippen LogP contribution is 2.21. The van der Waals surface area contributed by atoms with Gasteiger partial charge in [0, 0.05) is 6.07 Å². The summed E-state index contributed by atoms with van der Waals surface area (Å²) < 4.78 is 38.9. The monoisotopic (exact) mass is 367 g/mol. The fourth-order valence-electron chi connectivity index (χ4n) is 0.835. The van der Waals surface area contributed by atoms with Gasteiger partial charge in [0.1, 0.15) is 5.69 Å². The van der Waals surface area contributed by atoms with Crippen LogP contribution in [0, 0.1) is 3.57 Å². The Morgan fingerprint density at radius 3 is 2.50 bits per heavy atom. The highest BCUT2D eigenvalue weighted by molar-refractivity contribution is 14.1. The first-order valence-corrected chi connectivity index (χ1v) is 5.05. The quantitative estimate of drug-likeness (QED) is 0.644. The van der Waals surface area contributed by atoms with Crippen LogP contribution in [0.3, 0.4) is 0 Å². The molecule has 1 heterocycles. The van der Waals surface area contributed by atoms with Crippen LogP contribution in [-0.4, -0.2) is 16.6 Å². The van der Waals surface area contributed by atoms with Crippen LogP contribution in [0.1, 0.15) is 10.5 Å². The highest BCUT2D eigenvalue weighted by atomic mass is 127. The minimum Gasteiger partial charge on any atom is -0.390 e. The number of aromatic nitrogens is 1. The Kier molecular flexibility index (Phi) is 3.84. The lowest BCUT2D eigenvalue weighted by atomic mass is 10.3. The van der Waals surface area contributed by atoms with Gasteiger partial charge in [0.2, 0.25) is 5.88 Å². The topological polar surface area (TPSA) is 59.2 Å². The van der Waals surface area contributed by atoms with Crippen molar-refractivity contribution < 1.29 is 22.7 Å². The van der Waals surface area contributed by atoms with Crippen molar-refractivity contribution in [3.05, 3.63) is 25.6 Å². The Bertz CT molecular complexity index is 485. The lowest BCUT2D eigenvalue weighted by Gasteiger charge is -2.09. The summed E-state index contributed by atoms with van der Waals surface area (Å²) in [5.74, 6) is -0.887. The first-order chi connectivity index (χ1) is 7.20. The van der Waals surface area contributed by atoms with Crippen LogP contribution in [0.4, 0.5) is 13.2 Å². The molecule has 0 unspecified atom stereocenters. The van der Waals surface area contributed by atoms with Crippen LogP contribution in [0.15, 0.2) is 10.9 Å². The molecule has 0 saturated carbocycles. The maximum Gasteiger partial charge on any atom is 0.574 e. The van der Waals surface area contributed by atoms with Crippen LogP contribution in [0.25, 0.3) is 0 Å². The molecular weight excluding hydrogens is 365 g/mol. The highest BCUT2D eigenvalue weighted by Gasteiger charge is 2.32. The number of hydrogen-bond acceptors (Lipinski definition) is 3. The van der Waals surface area contributed by atoms with E-state index in [4.69, 9.17) is 11.6 Å². The number of aromatic amines is 1. The molecule has 0 aliphatic carbocycles. The molecule has 0 amide bonds. The van der Waals surface area contributed by atoms with Gasteiger partial charge in [-0.05, 0) is 34.2 Å². The molecule has 0 bridgehead atoms. The van der Waals surface area contributed by atoms with Crippen LogP contribution in [-0.2, 0) is 0 Å². The molecule has 0 saturated heterocycles. The van der Waals surface area contributed by atoms with E-state index in [0.717, 1.165) is 0 Å². The Morgan fingerprint density at radius 2 is 2.06 bits per heavy atom. The molecule has 0 aromatic carbocycles. The van der Waals surface area contributed by atoms with Crippen molar-refractivity contribution in [3.8, 4) is 5.88 Å². The predicted octanol–water partition coefficient (Wildman–Crippen LogP) is 2.26. The van der Waals surface area contributed by atoms with E-state index in [9.17, 15) is 22.8 Å². The Labute approximate surface area is 105 Å². The van der Waals surface area contributed by atoms with Gasteiger partial charge in [0.15, 0.2) is 5.43 Å². The normalized spacial score (nSPS) is 11.3. The molecule has 0 atom stereocenters. The van der Waals surface area contributed by atoms with E-state index in [0.29, 0.717) is 6.07 Å². The summed E-state index contributed by atoms with van der Waals surface area (Å²) in [6.07, 6.45) is -4.96. The molecule has 16 heavy (non-hydrogen) atoms. The van der Waals surface area contributed by atoms with Crippen molar-refractivity contribution in [2.75, 3.05) is 0 Å². The minimum absolute atomic E-state index is 0.105. The van der Waals surface area contributed by atoms with E-state index in [2.05, 4.69) is 4.74 Å². The summed E-state index contributed by atoms with van der Waals surface area (Å²) in [7, 11) is 0. The SMILES string of the molecule is O=C(Cl)c1[nH]c(OC(F)(F)F)cc(=O)c1I. The number of nitrogens with one attached hydrogen (secondary N) is 1. The number of carbonyl (C=O) groups is 1. The van der Waals surface area contributed by atoms with E-state index in [1.165, 1.54) is 22.6 Å². The predicted molar refractivity (Wildman–Crippen MR) is 56.6 cm³/mol. The zero-order valence-corrected chi connectivity index (χ0v) is 10.1. The van der Waals surface area contributed by atoms with Crippen molar-refractivity contribution >= 4 is 39.4 Å². The molecule has 0 fully saturated rings. The fourth-order valence-corrected chi connectivity index (χ4v) is 1.67.